The fraction of sp³-hybridized carbons (Fsp3) is 0.294. The Bertz CT molecular complexity index is 638. The fourth-order valence-electron chi connectivity index (χ4n) is 3.00. The molecule has 2 aromatic rings. The molecule has 0 amide bonds. The van der Waals surface area contributed by atoms with Gasteiger partial charge in [-0.2, -0.15) is 0 Å². The predicted molar refractivity (Wildman–Crippen MR) is 75.3 cm³/mol. The Morgan fingerprint density at radius 3 is 3.00 bits per heavy atom. The molecule has 0 saturated carbocycles. The molecule has 1 aliphatic rings. The van der Waals surface area contributed by atoms with Crippen LogP contribution in [0.3, 0.4) is 0 Å². The van der Waals surface area contributed by atoms with Crippen LogP contribution in [0.25, 0.3) is 0 Å². The highest BCUT2D eigenvalue weighted by atomic mass is 19.1. The van der Waals surface area contributed by atoms with Gasteiger partial charge in [-0.25, -0.2) is 4.39 Å². The molecule has 3 heteroatoms. The molecule has 1 atom stereocenters. The van der Waals surface area contributed by atoms with E-state index >= 15 is 0 Å². The van der Waals surface area contributed by atoms with E-state index in [1.165, 1.54) is 23.4 Å². The van der Waals surface area contributed by atoms with Gasteiger partial charge < -0.3 is 0 Å². The van der Waals surface area contributed by atoms with Crippen molar-refractivity contribution < 1.29 is 9.18 Å². The number of benzene rings is 1. The van der Waals surface area contributed by atoms with Gasteiger partial charge in [0.15, 0.2) is 11.6 Å². The third kappa shape index (κ3) is 2.48. The molecule has 0 saturated heterocycles. The van der Waals surface area contributed by atoms with E-state index in [9.17, 15) is 9.18 Å². The van der Waals surface area contributed by atoms with Crippen LogP contribution >= 0.6 is 0 Å². The standard InChI is InChI=1S/C17H16FNO/c18-16-11-19-9-8-15(16)17(20)10-13-6-3-5-12-4-1-2-7-14(12)13/h1-2,4,7-9,11,13H,3,5-6,10H2. The van der Waals surface area contributed by atoms with Crippen molar-refractivity contribution in [3.05, 3.63) is 65.2 Å². The summed E-state index contributed by atoms with van der Waals surface area (Å²) in [5, 5.41) is 0. The van der Waals surface area contributed by atoms with Gasteiger partial charge in [-0.05, 0) is 42.4 Å². The first-order valence-electron chi connectivity index (χ1n) is 6.96. The van der Waals surface area contributed by atoms with Gasteiger partial charge in [-0.15, -0.1) is 0 Å². The maximum Gasteiger partial charge on any atom is 0.166 e. The van der Waals surface area contributed by atoms with E-state index < -0.39 is 5.82 Å². The highest BCUT2D eigenvalue weighted by Gasteiger charge is 2.23. The van der Waals surface area contributed by atoms with E-state index in [4.69, 9.17) is 0 Å². The zero-order valence-electron chi connectivity index (χ0n) is 11.2. The molecule has 0 bridgehead atoms. The molecule has 1 heterocycles. The second-order valence-electron chi connectivity index (χ2n) is 5.27. The minimum absolute atomic E-state index is 0.133. The number of nitrogens with zero attached hydrogens (tertiary/aromatic N) is 1. The quantitative estimate of drug-likeness (QED) is 0.791. The van der Waals surface area contributed by atoms with E-state index in [-0.39, 0.29) is 17.3 Å². The summed E-state index contributed by atoms with van der Waals surface area (Å²) < 4.78 is 13.6. The average Bonchev–Trinajstić information content (AvgIpc) is 2.48. The highest BCUT2D eigenvalue weighted by molar-refractivity contribution is 5.96. The third-order valence-corrected chi connectivity index (χ3v) is 4.00. The van der Waals surface area contributed by atoms with E-state index in [0.29, 0.717) is 6.42 Å². The number of halogens is 1. The topological polar surface area (TPSA) is 30.0 Å². The molecule has 1 aliphatic carbocycles. The lowest BCUT2D eigenvalue weighted by molar-refractivity contribution is 0.0967. The van der Waals surface area contributed by atoms with Crippen LogP contribution in [0.2, 0.25) is 0 Å². The monoisotopic (exact) mass is 269 g/mol. The molecule has 1 unspecified atom stereocenters. The van der Waals surface area contributed by atoms with Gasteiger partial charge in [0.2, 0.25) is 0 Å². The molecule has 1 aromatic carbocycles. The zero-order chi connectivity index (χ0) is 13.9. The van der Waals surface area contributed by atoms with Crippen molar-refractivity contribution in [2.75, 3.05) is 0 Å². The molecule has 1 aromatic heterocycles. The second kappa shape index (κ2) is 5.53. The average molecular weight is 269 g/mol. The predicted octanol–water partition coefficient (Wildman–Crippen LogP) is 3.91. The fourth-order valence-corrected chi connectivity index (χ4v) is 3.00. The Balaban J connectivity index is 1.83. The smallest absolute Gasteiger partial charge is 0.166 e. The van der Waals surface area contributed by atoms with Crippen molar-refractivity contribution in [3.63, 3.8) is 0 Å². The molecule has 0 aliphatic heterocycles. The number of Topliss-reactive ketones (excluding diaryl/α,β-unsaturated/α-hetero) is 1. The van der Waals surface area contributed by atoms with Gasteiger partial charge in [0.05, 0.1) is 11.8 Å². The Morgan fingerprint density at radius 1 is 1.30 bits per heavy atom. The molecule has 0 fully saturated rings. The molecule has 20 heavy (non-hydrogen) atoms. The summed E-state index contributed by atoms with van der Waals surface area (Å²) in [5.41, 5.74) is 2.73. The van der Waals surface area contributed by atoms with Crippen LogP contribution in [-0.4, -0.2) is 10.8 Å². The number of fused-ring (bicyclic) bond motifs is 1. The minimum Gasteiger partial charge on any atom is -0.294 e. The van der Waals surface area contributed by atoms with Crippen molar-refractivity contribution in [3.8, 4) is 0 Å². The van der Waals surface area contributed by atoms with Crippen LogP contribution < -0.4 is 0 Å². The number of carbonyl (C=O) groups is 1. The summed E-state index contributed by atoms with van der Waals surface area (Å²) in [6.07, 6.45) is 6.10. The van der Waals surface area contributed by atoms with Gasteiger partial charge in [0.1, 0.15) is 0 Å². The zero-order valence-corrected chi connectivity index (χ0v) is 11.2. The molecule has 0 spiro atoms. The Labute approximate surface area is 117 Å². The van der Waals surface area contributed by atoms with Crippen LogP contribution in [0.5, 0.6) is 0 Å². The number of hydrogen-bond acceptors (Lipinski definition) is 2. The van der Waals surface area contributed by atoms with Crippen LogP contribution in [-0.2, 0) is 6.42 Å². The number of aromatic nitrogens is 1. The summed E-state index contributed by atoms with van der Waals surface area (Å²) in [5.74, 6) is -0.451. The molecular weight excluding hydrogens is 253 g/mol. The number of ketones is 1. The van der Waals surface area contributed by atoms with Crippen LogP contribution in [0.1, 0.15) is 46.7 Å². The normalized spacial score (nSPS) is 17.6. The Kier molecular flexibility index (Phi) is 3.59. The number of carbonyl (C=O) groups excluding carboxylic acids is 1. The molecular formula is C17H16FNO. The van der Waals surface area contributed by atoms with Crippen LogP contribution in [0, 0.1) is 5.82 Å². The Hall–Kier alpha value is -2.03. The third-order valence-electron chi connectivity index (χ3n) is 4.00. The van der Waals surface area contributed by atoms with Gasteiger partial charge in [-0.1, -0.05) is 24.3 Å². The Morgan fingerprint density at radius 2 is 2.15 bits per heavy atom. The number of rotatable bonds is 3. The van der Waals surface area contributed by atoms with Gasteiger partial charge in [0, 0.05) is 12.6 Å². The SMILES string of the molecule is O=C(CC1CCCc2ccccc21)c1ccncc1F. The number of aryl methyl sites for hydroxylation is 1. The van der Waals surface area contributed by atoms with Crippen molar-refractivity contribution in [2.24, 2.45) is 0 Å². The molecule has 0 N–H and O–H groups in total. The van der Waals surface area contributed by atoms with E-state index in [0.717, 1.165) is 25.5 Å². The first kappa shape index (κ1) is 13.0. The van der Waals surface area contributed by atoms with E-state index in [1.54, 1.807) is 0 Å². The van der Waals surface area contributed by atoms with Crippen molar-refractivity contribution in [1.82, 2.24) is 4.98 Å². The first-order valence-corrected chi connectivity index (χ1v) is 6.96. The summed E-state index contributed by atoms with van der Waals surface area (Å²) in [6.45, 7) is 0. The van der Waals surface area contributed by atoms with Crippen molar-refractivity contribution in [2.45, 2.75) is 31.6 Å². The summed E-state index contributed by atoms with van der Waals surface area (Å²) in [6, 6.07) is 9.72. The second-order valence-corrected chi connectivity index (χ2v) is 5.27. The number of hydrogen-bond donors (Lipinski definition) is 0. The summed E-state index contributed by atoms with van der Waals surface area (Å²) in [4.78, 5) is 16.0. The van der Waals surface area contributed by atoms with Gasteiger partial charge in [-0.3, -0.25) is 9.78 Å². The lowest BCUT2D eigenvalue weighted by atomic mass is 9.79. The summed E-state index contributed by atoms with van der Waals surface area (Å²) in [7, 11) is 0. The maximum atomic E-state index is 13.6. The van der Waals surface area contributed by atoms with Crippen molar-refractivity contribution in [1.29, 1.82) is 0 Å². The highest BCUT2D eigenvalue weighted by Crippen LogP contribution is 2.34. The van der Waals surface area contributed by atoms with Crippen LogP contribution in [0.15, 0.2) is 42.7 Å². The largest absolute Gasteiger partial charge is 0.294 e. The lowest BCUT2D eigenvalue weighted by Gasteiger charge is -2.25. The van der Waals surface area contributed by atoms with E-state index in [1.807, 2.05) is 12.1 Å². The van der Waals surface area contributed by atoms with Crippen LogP contribution in [0.4, 0.5) is 4.39 Å². The first-order chi connectivity index (χ1) is 9.75. The molecule has 102 valence electrons. The van der Waals surface area contributed by atoms with Crippen molar-refractivity contribution >= 4 is 5.78 Å². The number of pyridine rings is 1. The lowest BCUT2D eigenvalue weighted by Crippen LogP contribution is -2.14. The maximum absolute atomic E-state index is 13.6. The molecule has 0 radical (unpaired) electrons. The van der Waals surface area contributed by atoms with Gasteiger partial charge >= 0.3 is 0 Å². The summed E-state index contributed by atoms with van der Waals surface area (Å²) >= 11 is 0. The van der Waals surface area contributed by atoms with E-state index in [2.05, 4.69) is 17.1 Å². The molecule has 2 nitrogen and oxygen atoms in total. The minimum atomic E-state index is -0.526. The molecule has 3 rings (SSSR count). The van der Waals surface area contributed by atoms with Gasteiger partial charge in [0.25, 0.3) is 0 Å².